The lowest BCUT2D eigenvalue weighted by atomic mass is 10.1. The Morgan fingerprint density at radius 3 is 2.11 bits per heavy atom. The summed E-state index contributed by atoms with van der Waals surface area (Å²) in [4.78, 5) is 12.0. The van der Waals surface area contributed by atoms with Gasteiger partial charge in [-0.15, -0.1) is 0 Å². The van der Waals surface area contributed by atoms with Crippen LogP contribution in [0.4, 0.5) is 22.7 Å². The van der Waals surface area contributed by atoms with E-state index < -0.39 is 0 Å². The van der Waals surface area contributed by atoms with Gasteiger partial charge in [0.05, 0.1) is 5.56 Å². The molecule has 0 aliphatic heterocycles. The lowest BCUT2D eigenvalue weighted by molar-refractivity contribution is 0.102. The van der Waals surface area contributed by atoms with Gasteiger partial charge in [0.25, 0.3) is 5.91 Å². The molecule has 7 N–H and O–H groups in total. The first-order valence-electron chi connectivity index (χ1n) is 5.38. The number of rotatable bonds is 2. The van der Waals surface area contributed by atoms with Crippen molar-refractivity contribution in [2.75, 3.05) is 22.5 Å². The largest absolute Gasteiger partial charge is 0.399 e. The van der Waals surface area contributed by atoms with Gasteiger partial charge in [-0.1, -0.05) is 0 Å². The molecule has 5 nitrogen and oxygen atoms in total. The molecular weight excluding hydrogens is 228 g/mol. The van der Waals surface area contributed by atoms with Crippen LogP contribution in [0.1, 0.15) is 10.4 Å². The molecule has 1 amide bonds. The van der Waals surface area contributed by atoms with Gasteiger partial charge in [0.2, 0.25) is 0 Å². The Balaban J connectivity index is 2.19. The smallest absolute Gasteiger partial charge is 0.257 e. The van der Waals surface area contributed by atoms with E-state index >= 15 is 0 Å². The lowest BCUT2D eigenvalue weighted by Gasteiger charge is -2.08. The summed E-state index contributed by atoms with van der Waals surface area (Å²) < 4.78 is 0. The number of hydrogen-bond donors (Lipinski definition) is 4. The van der Waals surface area contributed by atoms with E-state index in [2.05, 4.69) is 5.32 Å². The normalized spacial score (nSPS) is 10.0. The van der Waals surface area contributed by atoms with Gasteiger partial charge in [0, 0.05) is 22.7 Å². The molecule has 0 spiro atoms. The van der Waals surface area contributed by atoms with Crippen molar-refractivity contribution < 1.29 is 4.79 Å². The van der Waals surface area contributed by atoms with Crippen LogP contribution in [-0.4, -0.2) is 5.91 Å². The van der Waals surface area contributed by atoms with Gasteiger partial charge in [-0.25, -0.2) is 0 Å². The zero-order valence-electron chi connectivity index (χ0n) is 9.68. The Kier molecular flexibility index (Phi) is 3.05. The fourth-order valence-corrected chi connectivity index (χ4v) is 1.55. The van der Waals surface area contributed by atoms with E-state index in [1.165, 1.54) is 0 Å². The first-order chi connectivity index (χ1) is 8.56. The second kappa shape index (κ2) is 4.67. The highest BCUT2D eigenvalue weighted by molar-refractivity contribution is 6.08. The van der Waals surface area contributed by atoms with E-state index in [4.69, 9.17) is 17.2 Å². The van der Waals surface area contributed by atoms with Gasteiger partial charge in [-0.05, 0) is 42.5 Å². The summed E-state index contributed by atoms with van der Waals surface area (Å²) in [6.45, 7) is 0. The molecular formula is C13H14N4O. The molecule has 5 heteroatoms. The summed E-state index contributed by atoms with van der Waals surface area (Å²) in [5.74, 6) is -0.280. The van der Waals surface area contributed by atoms with Crippen molar-refractivity contribution in [2.45, 2.75) is 0 Å². The van der Waals surface area contributed by atoms with Gasteiger partial charge in [-0.2, -0.15) is 0 Å². The number of carbonyl (C=O) groups excluding carboxylic acids is 1. The first-order valence-corrected chi connectivity index (χ1v) is 5.38. The molecule has 0 bridgehead atoms. The molecule has 0 aromatic heterocycles. The van der Waals surface area contributed by atoms with E-state index in [-0.39, 0.29) is 5.91 Å². The van der Waals surface area contributed by atoms with E-state index in [9.17, 15) is 4.79 Å². The van der Waals surface area contributed by atoms with Crippen molar-refractivity contribution in [1.29, 1.82) is 0 Å². The number of nitrogens with two attached hydrogens (primary N) is 3. The van der Waals surface area contributed by atoms with Crippen LogP contribution in [0.25, 0.3) is 0 Å². The number of nitrogens with one attached hydrogen (secondary N) is 1. The van der Waals surface area contributed by atoms with Crippen LogP contribution in [0.3, 0.4) is 0 Å². The molecule has 0 aliphatic rings. The number of hydrogen-bond acceptors (Lipinski definition) is 4. The van der Waals surface area contributed by atoms with Crippen LogP contribution in [0.5, 0.6) is 0 Å². The second-order valence-electron chi connectivity index (χ2n) is 3.92. The Hall–Kier alpha value is -2.69. The van der Waals surface area contributed by atoms with Crippen molar-refractivity contribution in [3.63, 3.8) is 0 Å². The highest BCUT2D eigenvalue weighted by Gasteiger charge is 2.09. The van der Waals surface area contributed by atoms with Gasteiger partial charge in [0.15, 0.2) is 0 Å². The van der Waals surface area contributed by atoms with Crippen LogP contribution in [0.2, 0.25) is 0 Å². The second-order valence-corrected chi connectivity index (χ2v) is 3.92. The maximum atomic E-state index is 12.0. The minimum absolute atomic E-state index is 0.280. The molecule has 2 rings (SSSR count). The minimum Gasteiger partial charge on any atom is -0.399 e. The van der Waals surface area contributed by atoms with Gasteiger partial charge >= 0.3 is 0 Å². The predicted molar refractivity (Wildman–Crippen MR) is 74.1 cm³/mol. The number of amides is 1. The third-order valence-electron chi connectivity index (χ3n) is 2.49. The molecule has 0 heterocycles. The van der Waals surface area contributed by atoms with Gasteiger partial charge in [0.1, 0.15) is 0 Å². The highest BCUT2D eigenvalue weighted by Crippen LogP contribution is 2.18. The van der Waals surface area contributed by atoms with E-state index in [1.807, 2.05) is 0 Å². The Labute approximate surface area is 105 Å². The molecule has 0 atom stereocenters. The molecule has 2 aromatic carbocycles. The fraction of sp³-hybridized carbons (Fsp3) is 0. The molecule has 0 aliphatic carbocycles. The molecule has 0 fully saturated rings. The standard InChI is InChI=1S/C13H14N4O/c14-8-1-4-10(5-2-8)17-13(18)11-6-3-9(15)7-12(11)16/h1-7H,14-16H2,(H,17,18). The van der Waals surface area contributed by atoms with Crippen molar-refractivity contribution in [3.8, 4) is 0 Å². The Bertz CT molecular complexity index is 578. The van der Waals surface area contributed by atoms with Crippen molar-refractivity contribution in [2.24, 2.45) is 0 Å². The SMILES string of the molecule is Nc1ccc(NC(=O)c2ccc(N)cc2N)cc1. The third-order valence-corrected chi connectivity index (χ3v) is 2.49. The zero-order valence-corrected chi connectivity index (χ0v) is 9.68. The topological polar surface area (TPSA) is 107 Å². The lowest BCUT2D eigenvalue weighted by Crippen LogP contribution is -2.14. The van der Waals surface area contributed by atoms with Crippen LogP contribution in [-0.2, 0) is 0 Å². The number of nitrogen functional groups attached to an aromatic ring is 3. The van der Waals surface area contributed by atoms with Gasteiger partial charge in [-0.3, -0.25) is 4.79 Å². The number of anilines is 4. The molecule has 0 saturated heterocycles. The van der Waals surface area contributed by atoms with Crippen LogP contribution in [0.15, 0.2) is 42.5 Å². The fourth-order valence-electron chi connectivity index (χ4n) is 1.55. The molecule has 0 radical (unpaired) electrons. The van der Waals surface area contributed by atoms with E-state index in [0.717, 1.165) is 0 Å². The maximum absolute atomic E-state index is 12.0. The number of carbonyl (C=O) groups is 1. The highest BCUT2D eigenvalue weighted by atomic mass is 16.1. The summed E-state index contributed by atoms with van der Waals surface area (Å²) in [5.41, 5.74) is 19.4. The number of benzene rings is 2. The van der Waals surface area contributed by atoms with Gasteiger partial charge < -0.3 is 22.5 Å². The van der Waals surface area contributed by atoms with E-state index in [1.54, 1.807) is 42.5 Å². The molecule has 18 heavy (non-hydrogen) atoms. The molecule has 0 saturated carbocycles. The van der Waals surface area contributed by atoms with Crippen LogP contribution in [0, 0.1) is 0 Å². The van der Waals surface area contributed by atoms with Crippen molar-refractivity contribution >= 4 is 28.7 Å². The maximum Gasteiger partial charge on any atom is 0.257 e. The quantitative estimate of drug-likeness (QED) is 0.601. The third kappa shape index (κ3) is 2.52. The minimum atomic E-state index is -0.280. The Morgan fingerprint density at radius 1 is 0.889 bits per heavy atom. The summed E-state index contributed by atoms with van der Waals surface area (Å²) in [5, 5.41) is 2.73. The van der Waals surface area contributed by atoms with Crippen LogP contribution < -0.4 is 22.5 Å². The average Bonchev–Trinajstić information content (AvgIpc) is 2.32. The Morgan fingerprint density at radius 2 is 1.50 bits per heavy atom. The monoisotopic (exact) mass is 242 g/mol. The average molecular weight is 242 g/mol. The summed E-state index contributed by atoms with van der Waals surface area (Å²) in [6.07, 6.45) is 0. The van der Waals surface area contributed by atoms with Crippen molar-refractivity contribution in [1.82, 2.24) is 0 Å². The molecule has 2 aromatic rings. The first kappa shape index (κ1) is 11.8. The summed E-state index contributed by atoms with van der Waals surface area (Å²) in [7, 11) is 0. The predicted octanol–water partition coefficient (Wildman–Crippen LogP) is 1.69. The molecule has 92 valence electrons. The molecule has 0 unspecified atom stereocenters. The van der Waals surface area contributed by atoms with Crippen LogP contribution >= 0.6 is 0 Å². The van der Waals surface area contributed by atoms with Crippen molar-refractivity contribution in [3.05, 3.63) is 48.0 Å². The summed E-state index contributed by atoms with van der Waals surface area (Å²) in [6, 6.07) is 11.6. The van der Waals surface area contributed by atoms with E-state index in [0.29, 0.717) is 28.3 Å². The zero-order chi connectivity index (χ0) is 13.1. The summed E-state index contributed by atoms with van der Waals surface area (Å²) >= 11 is 0.